The Morgan fingerprint density at radius 1 is 1.00 bits per heavy atom. The summed E-state index contributed by atoms with van der Waals surface area (Å²) in [6.07, 6.45) is 0. The molecule has 0 aliphatic carbocycles. The molecule has 1 N–H and O–H groups in total. The predicted octanol–water partition coefficient (Wildman–Crippen LogP) is 5.58. The van der Waals surface area contributed by atoms with Crippen molar-refractivity contribution in [2.24, 2.45) is 0 Å². The molecule has 0 radical (unpaired) electrons. The molecule has 7 heteroatoms. The van der Waals surface area contributed by atoms with Gasteiger partial charge in [0, 0.05) is 17.3 Å². The highest BCUT2D eigenvalue weighted by atomic mass is 79.9. The lowest BCUT2D eigenvalue weighted by molar-refractivity contribution is 0.621. The topological polar surface area (TPSA) is 37.8 Å². The minimum Gasteiger partial charge on any atom is -0.340 e. The maximum atomic E-state index is 13.3. The van der Waals surface area contributed by atoms with E-state index in [-0.39, 0.29) is 16.8 Å². The second-order valence-corrected chi connectivity index (χ2v) is 5.91. The summed E-state index contributed by atoms with van der Waals surface area (Å²) in [6, 6.07) is 11.9. The highest BCUT2D eigenvalue weighted by Gasteiger charge is 2.08. The molecular formula is C16H9BrClF2N3. The van der Waals surface area contributed by atoms with Crippen LogP contribution in [0.4, 0.5) is 20.3 Å². The van der Waals surface area contributed by atoms with Gasteiger partial charge >= 0.3 is 0 Å². The third-order valence-corrected chi connectivity index (χ3v) is 3.77. The van der Waals surface area contributed by atoms with Crippen molar-refractivity contribution in [1.29, 1.82) is 0 Å². The quantitative estimate of drug-likeness (QED) is 0.587. The lowest BCUT2D eigenvalue weighted by Crippen LogP contribution is -1.98. The standard InChI is InChI=1S/C16H9BrClF2N3/c17-12-7-11(4-5-13(12)20)21-15-8-14(18)22-16(23-15)9-2-1-3-10(19)6-9/h1-8H,(H,21,22,23). The van der Waals surface area contributed by atoms with Gasteiger partial charge in [-0.15, -0.1) is 0 Å². The van der Waals surface area contributed by atoms with Crippen molar-refractivity contribution in [2.45, 2.75) is 0 Å². The third kappa shape index (κ3) is 3.83. The van der Waals surface area contributed by atoms with Crippen LogP contribution in [0.5, 0.6) is 0 Å². The highest BCUT2D eigenvalue weighted by Crippen LogP contribution is 2.25. The van der Waals surface area contributed by atoms with Crippen LogP contribution in [0.15, 0.2) is 53.0 Å². The van der Waals surface area contributed by atoms with Crippen LogP contribution < -0.4 is 5.32 Å². The van der Waals surface area contributed by atoms with E-state index in [9.17, 15) is 8.78 Å². The Kier molecular flexibility index (Phi) is 4.54. The highest BCUT2D eigenvalue weighted by molar-refractivity contribution is 9.10. The lowest BCUT2D eigenvalue weighted by Gasteiger charge is -2.09. The largest absolute Gasteiger partial charge is 0.340 e. The van der Waals surface area contributed by atoms with Gasteiger partial charge < -0.3 is 5.32 Å². The molecule has 0 amide bonds. The number of anilines is 2. The first-order valence-corrected chi connectivity index (χ1v) is 7.71. The van der Waals surface area contributed by atoms with Crippen molar-refractivity contribution in [2.75, 3.05) is 5.32 Å². The van der Waals surface area contributed by atoms with Gasteiger partial charge in [-0.1, -0.05) is 23.7 Å². The van der Waals surface area contributed by atoms with E-state index in [1.807, 2.05) is 0 Å². The molecule has 3 rings (SSSR count). The average molecular weight is 397 g/mol. The number of hydrogen-bond acceptors (Lipinski definition) is 3. The van der Waals surface area contributed by atoms with E-state index in [1.165, 1.54) is 24.3 Å². The van der Waals surface area contributed by atoms with Crippen LogP contribution in [0.1, 0.15) is 0 Å². The molecule has 2 aromatic carbocycles. The van der Waals surface area contributed by atoms with Gasteiger partial charge in [0.2, 0.25) is 0 Å². The molecule has 1 aromatic heterocycles. The fourth-order valence-corrected chi connectivity index (χ4v) is 2.52. The van der Waals surface area contributed by atoms with E-state index < -0.39 is 0 Å². The molecule has 0 spiro atoms. The molecule has 23 heavy (non-hydrogen) atoms. The minimum atomic E-state index is -0.386. The van der Waals surface area contributed by atoms with Gasteiger partial charge in [0.1, 0.15) is 22.6 Å². The number of nitrogens with one attached hydrogen (secondary N) is 1. The van der Waals surface area contributed by atoms with Crippen LogP contribution in [0.3, 0.4) is 0 Å². The molecular weight excluding hydrogens is 388 g/mol. The zero-order chi connectivity index (χ0) is 16.4. The Bertz CT molecular complexity index is 874. The van der Waals surface area contributed by atoms with Gasteiger partial charge in [-0.3, -0.25) is 0 Å². The maximum absolute atomic E-state index is 13.3. The van der Waals surface area contributed by atoms with Gasteiger partial charge in [-0.05, 0) is 46.3 Å². The molecule has 1 heterocycles. The Balaban J connectivity index is 1.95. The maximum Gasteiger partial charge on any atom is 0.163 e. The lowest BCUT2D eigenvalue weighted by atomic mass is 10.2. The summed E-state index contributed by atoms with van der Waals surface area (Å²) in [5, 5.41) is 3.22. The molecule has 0 saturated heterocycles. The van der Waals surface area contributed by atoms with Crippen molar-refractivity contribution >= 4 is 39.0 Å². The molecule has 0 saturated carbocycles. The fraction of sp³-hybridized carbons (Fsp3) is 0. The molecule has 3 nitrogen and oxygen atoms in total. The summed E-state index contributed by atoms with van der Waals surface area (Å²) < 4.78 is 26.9. The number of aromatic nitrogens is 2. The first-order chi connectivity index (χ1) is 11.0. The fourth-order valence-electron chi connectivity index (χ4n) is 1.96. The molecule has 0 unspecified atom stereocenters. The van der Waals surface area contributed by atoms with E-state index in [4.69, 9.17) is 11.6 Å². The molecule has 0 aliphatic rings. The predicted molar refractivity (Wildman–Crippen MR) is 89.8 cm³/mol. The van der Waals surface area contributed by atoms with Crippen LogP contribution in [0, 0.1) is 11.6 Å². The van der Waals surface area contributed by atoms with Crippen molar-refractivity contribution in [3.05, 3.63) is 69.8 Å². The van der Waals surface area contributed by atoms with E-state index >= 15 is 0 Å². The Labute approximate surface area is 144 Å². The van der Waals surface area contributed by atoms with Crippen LogP contribution in [-0.4, -0.2) is 9.97 Å². The molecule has 3 aromatic rings. The van der Waals surface area contributed by atoms with Crippen molar-refractivity contribution in [1.82, 2.24) is 9.97 Å². The summed E-state index contributed by atoms with van der Waals surface area (Å²) >= 11 is 9.13. The SMILES string of the molecule is Fc1cccc(-c2nc(Cl)cc(Nc3ccc(F)c(Br)c3)n2)c1. The molecule has 116 valence electrons. The van der Waals surface area contributed by atoms with Crippen LogP contribution in [0.25, 0.3) is 11.4 Å². The monoisotopic (exact) mass is 395 g/mol. The number of rotatable bonds is 3. The van der Waals surface area contributed by atoms with E-state index in [2.05, 4.69) is 31.2 Å². The molecule has 0 atom stereocenters. The summed E-state index contributed by atoms with van der Waals surface area (Å²) in [6.45, 7) is 0. The first-order valence-electron chi connectivity index (χ1n) is 6.54. The zero-order valence-corrected chi connectivity index (χ0v) is 13.9. The summed E-state index contributed by atoms with van der Waals surface area (Å²) in [4.78, 5) is 8.41. The smallest absolute Gasteiger partial charge is 0.163 e. The number of hydrogen-bond donors (Lipinski definition) is 1. The van der Waals surface area contributed by atoms with Crippen molar-refractivity contribution in [3.63, 3.8) is 0 Å². The van der Waals surface area contributed by atoms with Gasteiger partial charge in [-0.2, -0.15) is 0 Å². The van der Waals surface area contributed by atoms with Crippen molar-refractivity contribution in [3.8, 4) is 11.4 Å². The summed E-state index contributed by atoms with van der Waals surface area (Å²) in [5.41, 5.74) is 1.13. The zero-order valence-electron chi connectivity index (χ0n) is 11.5. The first kappa shape index (κ1) is 15.8. The summed E-state index contributed by atoms with van der Waals surface area (Å²) in [5.74, 6) is -0.0387. The Hall–Kier alpha value is -2.05. The van der Waals surface area contributed by atoms with E-state index in [1.54, 1.807) is 24.3 Å². The van der Waals surface area contributed by atoms with Gasteiger partial charge in [0.15, 0.2) is 5.82 Å². The van der Waals surface area contributed by atoms with Crippen LogP contribution in [-0.2, 0) is 0 Å². The summed E-state index contributed by atoms with van der Waals surface area (Å²) in [7, 11) is 0. The normalized spacial score (nSPS) is 10.6. The third-order valence-electron chi connectivity index (χ3n) is 2.97. The van der Waals surface area contributed by atoms with Gasteiger partial charge in [-0.25, -0.2) is 18.7 Å². The van der Waals surface area contributed by atoms with E-state index in [0.717, 1.165) is 0 Å². The van der Waals surface area contributed by atoms with Gasteiger partial charge in [0.25, 0.3) is 0 Å². The molecule has 0 aliphatic heterocycles. The number of benzene rings is 2. The second-order valence-electron chi connectivity index (χ2n) is 4.66. The second kappa shape index (κ2) is 6.60. The van der Waals surface area contributed by atoms with Crippen LogP contribution >= 0.6 is 27.5 Å². The van der Waals surface area contributed by atoms with E-state index in [0.29, 0.717) is 27.4 Å². The average Bonchev–Trinajstić information content (AvgIpc) is 2.50. The van der Waals surface area contributed by atoms with Crippen LogP contribution in [0.2, 0.25) is 5.15 Å². The van der Waals surface area contributed by atoms with Crippen molar-refractivity contribution < 1.29 is 8.78 Å². The molecule has 0 bridgehead atoms. The minimum absolute atomic E-state index is 0.211. The Morgan fingerprint density at radius 2 is 1.83 bits per heavy atom. The number of halogens is 4. The van der Waals surface area contributed by atoms with Gasteiger partial charge in [0.05, 0.1) is 4.47 Å². The number of nitrogens with zero attached hydrogens (tertiary/aromatic N) is 2. The Morgan fingerprint density at radius 3 is 2.57 bits per heavy atom. The molecule has 0 fully saturated rings.